The van der Waals surface area contributed by atoms with Crippen molar-refractivity contribution in [2.45, 2.75) is 32.3 Å². The Morgan fingerprint density at radius 2 is 2.26 bits per heavy atom. The first-order valence-electron chi connectivity index (χ1n) is 6.55. The molecule has 1 aliphatic carbocycles. The monoisotopic (exact) mass is 326 g/mol. The van der Waals surface area contributed by atoms with E-state index in [0.717, 1.165) is 29.6 Å². The van der Waals surface area contributed by atoms with E-state index < -0.39 is 0 Å². The normalized spacial score (nSPS) is 21.8. The van der Waals surface area contributed by atoms with E-state index in [2.05, 4.69) is 21.2 Å². The van der Waals surface area contributed by atoms with Gasteiger partial charge in [0, 0.05) is 28.9 Å². The second-order valence-electron chi connectivity index (χ2n) is 4.90. The zero-order valence-electron chi connectivity index (χ0n) is 11.0. The summed E-state index contributed by atoms with van der Waals surface area (Å²) in [5, 5.41) is 2.88. The van der Waals surface area contributed by atoms with Crippen molar-refractivity contribution in [1.82, 2.24) is 0 Å². The summed E-state index contributed by atoms with van der Waals surface area (Å²) >= 11 is 3.33. The van der Waals surface area contributed by atoms with Crippen LogP contribution in [0.3, 0.4) is 0 Å². The minimum absolute atomic E-state index is 0.0432. The maximum Gasteiger partial charge on any atom is 0.224 e. The number of hydrogen-bond acceptors (Lipinski definition) is 3. The molecule has 0 radical (unpaired) electrons. The molecule has 0 saturated heterocycles. The number of rotatable bonds is 5. The third-order valence-corrected chi connectivity index (χ3v) is 4.07. The van der Waals surface area contributed by atoms with Crippen LogP contribution in [-0.4, -0.2) is 18.6 Å². The summed E-state index contributed by atoms with van der Waals surface area (Å²) in [6, 6.07) is 5.42. The summed E-state index contributed by atoms with van der Waals surface area (Å²) in [7, 11) is 0. The van der Waals surface area contributed by atoms with Crippen molar-refractivity contribution in [3.05, 3.63) is 22.7 Å². The Balaban J connectivity index is 1.77. The van der Waals surface area contributed by atoms with E-state index in [1.807, 2.05) is 19.1 Å². The Hall–Kier alpha value is -1.07. The molecular weight excluding hydrogens is 308 g/mol. The van der Waals surface area contributed by atoms with Crippen molar-refractivity contribution in [1.29, 1.82) is 0 Å². The molecule has 5 heteroatoms. The van der Waals surface area contributed by atoms with Gasteiger partial charge in [-0.2, -0.15) is 0 Å². The second kappa shape index (κ2) is 6.39. The van der Waals surface area contributed by atoms with Crippen LogP contribution in [0, 0.1) is 5.92 Å². The average molecular weight is 327 g/mol. The Morgan fingerprint density at radius 1 is 1.53 bits per heavy atom. The second-order valence-corrected chi connectivity index (χ2v) is 5.76. The number of nitrogen functional groups attached to an aromatic ring is 1. The smallest absolute Gasteiger partial charge is 0.224 e. The molecule has 104 valence electrons. The molecule has 19 heavy (non-hydrogen) atoms. The number of hydrogen-bond donors (Lipinski definition) is 2. The molecule has 1 fully saturated rings. The fourth-order valence-electron chi connectivity index (χ4n) is 2.31. The number of benzene rings is 1. The lowest BCUT2D eigenvalue weighted by Gasteiger charge is -2.34. The zero-order valence-corrected chi connectivity index (χ0v) is 12.6. The summed E-state index contributed by atoms with van der Waals surface area (Å²) in [6.45, 7) is 2.75. The summed E-state index contributed by atoms with van der Waals surface area (Å²) in [4.78, 5) is 11.9. The highest BCUT2D eigenvalue weighted by Gasteiger charge is 2.30. The van der Waals surface area contributed by atoms with Gasteiger partial charge in [0.05, 0.1) is 6.10 Å². The molecule has 3 N–H and O–H groups in total. The highest BCUT2D eigenvalue weighted by molar-refractivity contribution is 9.10. The Bertz CT molecular complexity index is 459. The molecule has 1 amide bonds. The molecule has 0 bridgehead atoms. The number of carbonyl (C=O) groups is 1. The Morgan fingerprint density at radius 3 is 2.89 bits per heavy atom. The van der Waals surface area contributed by atoms with E-state index >= 15 is 0 Å². The van der Waals surface area contributed by atoms with E-state index in [0.29, 0.717) is 24.1 Å². The number of halogens is 1. The number of anilines is 2. The van der Waals surface area contributed by atoms with Crippen LogP contribution >= 0.6 is 15.9 Å². The standard InChI is InChI=1S/C14H19BrN2O2/c1-2-19-11-5-9(6-11)7-14(18)17-10-3-4-12(15)13(16)8-10/h3-4,8-9,11H,2,5-7,16H2,1H3,(H,17,18). The van der Waals surface area contributed by atoms with Gasteiger partial charge >= 0.3 is 0 Å². The first-order chi connectivity index (χ1) is 9.08. The largest absolute Gasteiger partial charge is 0.398 e. The van der Waals surface area contributed by atoms with E-state index in [9.17, 15) is 4.79 Å². The van der Waals surface area contributed by atoms with Gasteiger partial charge in [-0.1, -0.05) is 0 Å². The first kappa shape index (κ1) is 14.3. The van der Waals surface area contributed by atoms with E-state index in [1.54, 1.807) is 6.07 Å². The highest BCUT2D eigenvalue weighted by Crippen LogP contribution is 2.33. The molecule has 0 atom stereocenters. The van der Waals surface area contributed by atoms with Crippen molar-refractivity contribution < 1.29 is 9.53 Å². The summed E-state index contributed by atoms with van der Waals surface area (Å²) in [5.41, 5.74) is 7.14. The lowest BCUT2D eigenvalue weighted by Crippen LogP contribution is -2.33. The molecule has 1 saturated carbocycles. The maximum atomic E-state index is 11.9. The number of ether oxygens (including phenoxy) is 1. The van der Waals surface area contributed by atoms with Gasteiger partial charge < -0.3 is 15.8 Å². The fraction of sp³-hybridized carbons (Fsp3) is 0.500. The highest BCUT2D eigenvalue weighted by atomic mass is 79.9. The van der Waals surface area contributed by atoms with Gasteiger partial charge in [0.1, 0.15) is 0 Å². The van der Waals surface area contributed by atoms with Crippen LogP contribution in [0.5, 0.6) is 0 Å². The van der Waals surface area contributed by atoms with Gasteiger partial charge in [0.2, 0.25) is 5.91 Å². The lowest BCUT2D eigenvalue weighted by atomic mass is 9.80. The molecular formula is C14H19BrN2O2. The quantitative estimate of drug-likeness (QED) is 0.817. The van der Waals surface area contributed by atoms with Gasteiger partial charge in [-0.25, -0.2) is 0 Å². The van der Waals surface area contributed by atoms with Crippen molar-refractivity contribution in [2.24, 2.45) is 5.92 Å². The molecule has 4 nitrogen and oxygen atoms in total. The average Bonchev–Trinajstić information content (AvgIpc) is 2.31. The molecule has 0 heterocycles. The zero-order chi connectivity index (χ0) is 13.8. The van der Waals surface area contributed by atoms with E-state index in [4.69, 9.17) is 10.5 Å². The van der Waals surface area contributed by atoms with Gasteiger partial charge in [-0.15, -0.1) is 0 Å². The van der Waals surface area contributed by atoms with Gasteiger partial charge in [0.15, 0.2) is 0 Å². The molecule has 0 unspecified atom stereocenters. The molecule has 0 spiro atoms. The van der Waals surface area contributed by atoms with Crippen LogP contribution in [0.4, 0.5) is 11.4 Å². The van der Waals surface area contributed by atoms with E-state index in [-0.39, 0.29) is 5.91 Å². The summed E-state index contributed by atoms with van der Waals surface area (Å²) < 4.78 is 6.32. The number of nitrogens with one attached hydrogen (secondary N) is 1. The lowest BCUT2D eigenvalue weighted by molar-refractivity contribution is -0.119. The van der Waals surface area contributed by atoms with Crippen LogP contribution in [0.25, 0.3) is 0 Å². The number of carbonyl (C=O) groups excluding carboxylic acids is 1. The predicted molar refractivity (Wildman–Crippen MR) is 79.9 cm³/mol. The molecule has 0 aromatic heterocycles. The molecule has 1 aliphatic rings. The van der Waals surface area contributed by atoms with E-state index in [1.165, 1.54) is 0 Å². The summed E-state index contributed by atoms with van der Waals surface area (Å²) in [6.07, 6.45) is 2.89. The third-order valence-electron chi connectivity index (χ3n) is 3.35. The van der Waals surface area contributed by atoms with Crippen LogP contribution in [0.15, 0.2) is 22.7 Å². The van der Waals surface area contributed by atoms with Crippen LogP contribution < -0.4 is 11.1 Å². The predicted octanol–water partition coefficient (Wildman–Crippen LogP) is 3.18. The Kier molecular flexibility index (Phi) is 4.82. The molecule has 2 rings (SSSR count). The topological polar surface area (TPSA) is 64.3 Å². The van der Waals surface area contributed by atoms with Crippen LogP contribution in [0.1, 0.15) is 26.2 Å². The maximum absolute atomic E-state index is 11.9. The SMILES string of the molecule is CCOC1CC(CC(=O)Nc2ccc(Br)c(N)c2)C1. The van der Waals surface area contributed by atoms with Gasteiger partial charge in [-0.3, -0.25) is 4.79 Å². The summed E-state index contributed by atoms with van der Waals surface area (Å²) in [5.74, 6) is 0.492. The van der Waals surface area contributed by atoms with Gasteiger partial charge in [0.25, 0.3) is 0 Å². The Labute approximate surface area is 121 Å². The molecule has 1 aromatic carbocycles. The fourth-order valence-corrected chi connectivity index (χ4v) is 2.56. The molecule has 1 aromatic rings. The minimum atomic E-state index is 0.0432. The van der Waals surface area contributed by atoms with Crippen LogP contribution in [-0.2, 0) is 9.53 Å². The molecule has 0 aliphatic heterocycles. The van der Waals surface area contributed by atoms with Crippen molar-refractivity contribution in [3.8, 4) is 0 Å². The van der Waals surface area contributed by atoms with Gasteiger partial charge in [-0.05, 0) is 59.8 Å². The van der Waals surface area contributed by atoms with Crippen molar-refractivity contribution in [2.75, 3.05) is 17.7 Å². The number of nitrogens with two attached hydrogens (primary N) is 1. The van der Waals surface area contributed by atoms with Crippen LogP contribution in [0.2, 0.25) is 0 Å². The van der Waals surface area contributed by atoms with Crippen molar-refractivity contribution >= 4 is 33.2 Å². The number of amides is 1. The first-order valence-corrected chi connectivity index (χ1v) is 7.34. The minimum Gasteiger partial charge on any atom is -0.398 e. The van der Waals surface area contributed by atoms with Crippen molar-refractivity contribution in [3.63, 3.8) is 0 Å². The third kappa shape index (κ3) is 3.94.